The lowest BCUT2D eigenvalue weighted by molar-refractivity contribution is 0.456. The van der Waals surface area contributed by atoms with Crippen LogP contribution in [0, 0.1) is 0 Å². The third-order valence-electron chi connectivity index (χ3n) is 2.73. The van der Waals surface area contributed by atoms with Crippen LogP contribution < -0.4 is 0 Å². The van der Waals surface area contributed by atoms with Gasteiger partial charge in [-0.15, -0.1) is 0 Å². The summed E-state index contributed by atoms with van der Waals surface area (Å²) in [5.74, 6) is 0. The zero-order valence-corrected chi connectivity index (χ0v) is 11.8. The predicted molar refractivity (Wildman–Crippen MR) is 67.8 cm³/mol. The van der Waals surface area contributed by atoms with E-state index < -0.39 is 7.71 Å². The van der Waals surface area contributed by atoms with Gasteiger partial charge in [0.1, 0.15) is 6.16 Å². The molecule has 0 aromatic rings. The van der Waals surface area contributed by atoms with E-state index >= 15 is 0 Å². The van der Waals surface area contributed by atoms with Crippen molar-refractivity contribution in [3.8, 4) is 0 Å². The molecule has 14 heavy (non-hydrogen) atoms. The number of hydrogen-bond donors (Lipinski definition) is 0. The molecule has 0 aliphatic heterocycles. The first-order valence-corrected chi connectivity index (χ1v) is 7.14. The van der Waals surface area contributed by atoms with Crippen molar-refractivity contribution in [1.29, 1.82) is 0 Å². The monoisotopic (exact) mass is 220 g/mol. The van der Waals surface area contributed by atoms with Gasteiger partial charge in [0.2, 0.25) is 7.71 Å². The van der Waals surface area contributed by atoms with Gasteiger partial charge in [0.25, 0.3) is 0 Å². The van der Waals surface area contributed by atoms with E-state index in [1.165, 1.54) is 19.0 Å². The molecule has 0 unspecified atom stereocenters. The molecule has 0 bridgehead atoms. The maximum atomic E-state index is 2.41. The van der Waals surface area contributed by atoms with Crippen molar-refractivity contribution in [1.82, 2.24) is 14.0 Å². The van der Waals surface area contributed by atoms with Crippen LogP contribution in [0.4, 0.5) is 0 Å². The van der Waals surface area contributed by atoms with Crippen LogP contribution in [0.5, 0.6) is 0 Å². The second-order valence-electron chi connectivity index (χ2n) is 4.31. The second-order valence-corrected chi connectivity index (χ2v) is 8.54. The highest BCUT2D eigenvalue weighted by Gasteiger charge is 2.46. The van der Waals surface area contributed by atoms with Crippen molar-refractivity contribution >= 4 is 7.71 Å². The van der Waals surface area contributed by atoms with Gasteiger partial charge in [0.05, 0.1) is 0 Å². The van der Waals surface area contributed by atoms with E-state index in [1.807, 2.05) is 0 Å². The summed E-state index contributed by atoms with van der Waals surface area (Å²) in [6, 6.07) is 0. The summed E-state index contributed by atoms with van der Waals surface area (Å²) in [5.41, 5.74) is 0. The molecule has 0 aliphatic carbocycles. The molecular weight excluding hydrogens is 193 g/mol. The first-order valence-electron chi connectivity index (χ1n) is 5.31. The quantitative estimate of drug-likeness (QED) is 0.636. The van der Waals surface area contributed by atoms with Crippen molar-refractivity contribution in [3.63, 3.8) is 0 Å². The highest BCUT2D eigenvalue weighted by atomic mass is 31.2. The van der Waals surface area contributed by atoms with Crippen LogP contribution in [0.1, 0.15) is 19.8 Å². The summed E-state index contributed by atoms with van der Waals surface area (Å²) in [7, 11) is 12.0. The highest BCUT2D eigenvalue weighted by Crippen LogP contribution is 2.63. The van der Waals surface area contributed by atoms with E-state index in [4.69, 9.17) is 0 Å². The minimum Gasteiger partial charge on any atom is -0.155 e. The second kappa shape index (κ2) is 6.02. The third kappa shape index (κ3) is 2.90. The highest BCUT2D eigenvalue weighted by molar-refractivity contribution is 7.68. The summed E-state index contributed by atoms with van der Waals surface area (Å²) in [6.07, 6.45) is 3.87. The summed E-state index contributed by atoms with van der Waals surface area (Å²) < 4.78 is 7.22. The summed E-state index contributed by atoms with van der Waals surface area (Å²) in [5, 5.41) is 0. The minimum atomic E-state index is -1.23. The van der Waals surface area contributed by atoms with Crippen LogP contribution in [-0.4, -0.2) is 62.5 Å². The fourth-order valence-corrected chi connectivity index (χ4v) is 6.13. The van der Waals surface area contributed by atoms with Gasteiger partial charge in [0, 0.05) is 42.3 Å². The van der Waals surface area contributed by atoms with Gasteiger partial charge in [-0.25, -0.2) is 0 Å². The maximum Gasteiger partial charge on any atom is 0.225 e. The number of rotatable bonds is 6. The molecule has 0 saturated heterocycles. The molecule has 0 saturated carbocycles. The molecule has 0 amide bonds. The van der Waals surface area contributed by atoms with E-state index in [-0.39, 0.29) is 0 Å². The molecule has 86 valence electrons. The summed E-state index contributed by atoms with van der Waals surface area (Å²) in [4.78, 5) is 0. The average molecular weight is 220 g/mol. The van der Waals surface area contributed by atoms with Crippen molar-refractivity contribution < 1.29 is 0 Å². The summed E-state index contributed by atoms with van der Waals surface area (Å²) >= 11 is 0. The lowest BCUT2D eigenvalue weighted by atomic mass is 10.4. The van der Waals surface area contributed by atoms with Crippen molar-refractivity contribution in [2.24, 2.45) is 0 Å². The molecule has 0 aliphatic rings. The fraction of sp³-hybridized carbons (Fsp3) is 1.00. The van der Waals surface area contributed by atoms with Crippen molar-refractivity contribution in [2.45, 2.75) is 19.8 Å². The Bertz CT molecular complexity index is 136. The largest absolute Gasteiger partial charge is 0.225 e. The van der Waals surface area contributed by atoms with E-state index in [1.54, 1.807) is 0 Å². The first kappa shape index (κ1) is 14.3. The lowest BCUT2D eigenvalue weighted by Gasteiger charge is -2.40. The molecule has 0 atom stereocenters. The Kier molecular flexibility index (Phi) is 6.15. The predicted octanol–water partition coefficient (Wildman–Crippen LogP) is 2.23. The number of nitrogens with zero attached hydrogens (tertiary/aromatic N) is 3. The Morgan fingerprint density at radius 2 is 1.14 bits per heavy atom. The Hall–Kier alpha value is 0.310. The Balaban J connectivity index is 4.76. The minimum absolute atomic E-state index is 1.23. The molecule has 4 heteroatoms. The molecule has 0 aromatic carbocycles. The van der Waals surface area contributed by atoms with Gasteiger partial charge in [-0.1, -0.05) is 13.3 Å². The maximum absolute atomic E-state index is 2.41. The van der Waals surface area contributed by atoms with Crippen LogP contribution in [0.25, 0.3) is 0 Å². The van der Waals surface area contributed by atoms with Crippen LogP contribution in [0.15, 0.2) is 0 Å². The van der Waals surface area contributed by atoms with Crippen LogP contribution in [0.3, 0.4) is 0 Å². The average Bonchev–Trinajstić information content (AvgIpc) is 2.03. The Morgan fingerprint density at radius 1 is 0.786 bits per heavy atom. The van der Waals surface area contributed by atoms with E-state index in [0.717, 1.165) is 0 Å². The molecule has 0 rings (SSSR count). The number of unbranched alkanes of at least 4 members (excludes halogenated alkanes) is 1. The fourth-order valence-electron chi connectivity index (χ4n) is 2.04. The standard InChI is InChI=1S/C10H27N3P/c1-8-9-10-14(11(2)3,12(4)5)13(6)7/h8-10H2,1-7H3/q+1. The Morgan fingerprint density at radius 3 is 1.36 bits per heavy atom. The van der Waals surface area contributed by atoms with E-state index in [0.29, 0.717) is 0 Å². The molecule has 0 heterocycles. The first-order chi connectivity index (χ1) is 6.39. The third-order valence-corrected chi connectivity index (χ3v) is 7.49. The molecular formula is C10H27N3P+. The van der Waals surface area contributed by atoms with Crippen molar-refractivity contribution in [3.05, 3.63) is 0 Å². The van der Waals surface area contributed by atoms with Crippen LogP contribution in [0.2, 0.25) is 0 Å². The van der Waals surface area contributed by atoms with Gasteiger partial charge in [-0.2, -0.15) is 14.0 Å². The molecule has 0 N–H and O–H groups in total. The zero-order chi connectivity index (χ0) is 11.4. The molecule has 0 fully saturated rings. The van der Waals surface area contributed by atoms with Crippen LogP contribution >= 0.6 is 7.71 Å². The molecule has 3 nitrogen and oxygen atoms in total. The molecule has 0 spiro atoms. The normalized spacial score (nSPS) is 13.3. The van der Waals surface area contributed by atoms with Gasteiger partial charge in [-0.05, 0) is 6.42 Å². The van der Waals surface area contributed by atoms with Gasteiger partial charge >= 0.3 is 0 Å². The Labute approximate surface area is 90.6 Å². The van der Waals surface area contributed by atoms with E-state index in [2.05, 4.69) is 63.2 Å². The van der Waals surface area contributed by atoms with E-state index in [9.17, 15) is 0 Å². The number of hydrogen-bond acceptors (Lipinski definition) is 3. The zero-order valence-electron chi connectivity index (χ0n) is 10.9. The topological polar surface area (TPSA) is 9.72 Å². The molecule has 0 aromatic heterocycles. The SMILES string of the molecule is CCCC[P+](N(C)C)(N(C)C)N(C)C. The van der Waals surface area contributed by atoms with Gasteiger partial charge in [-0.3, -0.25) is 0 Å². The lowest BCUT2D eigenvalue weighted by Crippen LogP contribution is -2.37. The van der Waals surface area contributed by atoms with Gasteiger partial charge in [0.15, 0.2) is 0 Å². The molecule has 0 radical (unpaired) electrons. The summed E-state index contributed by atoms with van der Waals surface area (Å²) in [6.45, 7) is 2.26. The smallest absolute Gasteiger partial charge is 0.155 e. The van der Waals surface area contributed by atoms with Crippen molar-refractivity contribution in [2.75, 3.05) is 48.4 Å². The van der Waals surface area contributed by atoms with Crippen LogP contribution in [-0.2, 0) is 0 Å². The van der Waals surface area contributed by atoms with Gasteiger partial charge < -0.3 is 0 Å².